The number of fused-ring (bicyclic) bond motifs is 2. The molecule has 0 radical (unpaired) electrons. The van der Waals surface area contributed by atoms with Crippen LogP contribution in [0.3, 0.4) is 0 Å². The highest BCUT2D eigenvalue weighted by atomic mass is 14.8. The van der Waals surface area contributed by atoms with Crippen LogP contribution in [0.4, 0.5) is 0 Å². The van der Waals surface area contributed by atoms with Crippen molar-refractivity contribution in [1.82, 2.24) is 0 Å². The Labute approximate surface area is 84.2 Å². The Morgan fingerprint density at radius 3 is 2.86 bits per heavy atom. The summed E-state index contributed by atoms with van der Waals surface area (Å²) in [6, 6.07) is 8.69. The van der Waals surface area contributed by atoms with Gasteiger partial charge in [0.05, 0.1) is 6.54 Å². The Morgan fingerprint density at radius 2 is 2.00 bits per heavy atom. The van der Waals surface area contributed by atoms with Crippen LogP contribution in [0.25, 0.3) is 5.57 Å². The molecular formula is C13H13N. The van der Waals surface area contributed by atoms with E-state index in [0.717, 1.165) is 6.54 Å². The van der Waals surface area contributed by atoms with Crippen LogP contribution in [-0.4, -0.2) is 12.8 Å². The summed E-state index contributed by atoms with van der Waals surface area (Å²) in [7, 11) is 0. The summed E-state index contributed by atoms with van der Waals surface area (Å²) in [6.07, 6.45) is 2.05. The van der Waals surface area contributed by atoms with Gasteiger partial charge in [-0.15, -0.1) is 0 Å². The Morgan fingerprint density at radius 1 is 1.21 bits per heavy atom. The maximum absolute atomic E-state index is 4.36. The summed E-state index contributed by atoms with van der Waals surface area (Å²) in [5, 5.41) is 0. The van der Waals surface area contributed by atoms with E-state index in [9.17, 15) is 0 Å². The lowest BCUT2D eigenvalue weighted by Gasteiger charge is -2.21. The first-order valence-corrected chi connectivity index (χ1v) is 5.04. The maximum atomic E-state index is 4.36. The largest absolute Gasteiger partial charge is 0.288 e. The standard InChI is InChI=1S/C13H13N/c1-13(2)11-6-4-3-5-9(11)10-7-14-8-12(10)13/h3-6,8H,7H2,1-2H3. The van der Waals surface area contributed by atoms with Gasteiger partial charge in [0, 0.05) is 11.6 Å². The van der Waals surface area contributed by atoms with Crippen molar-refractivity contribution in [3.8, 4) is 0 Å². The van der Waals surface area contributed by atoms with Crippen molar-refractivity contribution < 1.29 is 0 Å². The molecule has 2 aliphatic rings. The van der Waals surface area contributed by atoms with Crippen molar-refractivity contribution >= 4 is 11.8 Å². The number of aliphatic imine (C=N–C) groups is 1. The van der Waals surface area contributed by atoms with Crippen LogP contribution in [0.15, 0.2) is 34.8 Å². The van der Waals surface area contributed by atoms with E-state index in [0.29, 0.717) is 0 Å². The predicted molar refractivity (Wildman–Crippen MR) is 59.7 cm³/mol. The molecule has 0 aromatic heterocycles. The molecule has 14 heavy (non-hydrogen) atoms. The van der Waals surface area contributed by atoms with Crippen LogP contribution >= 0.6 is 0 Å². The molecule has 0 bridgehead atoms. The first kappa shape index (κ1) is 7.98. The Hall–Kier alpha value is -1.37. The third-order valence-corrected chi connectivity index (χ3v) is 3.39. The van der Waals surface area contributed by atoms with Crippen LogP contribution in [-0.2, 0) is 5.41 Å². The number of allylic oxidation sites excluding steroid dienone is 1. The predicted octanol–water partition coefficient (Wildman–Crippen LogP) is 2.82. The van der Waals surface area contributed by atoms with E-state index in [1.54, 1.807) is 0 Å². The first-order valence-electron chi connectivity index (χ1n) is 5.04. The molecule has 0 N–H and O–H groups in total. The lowest BCUT2D eigenvalue weighted by atomic mass is 9.82. The molecule has 1 aromatic rings. The van der Waals surface area contributed by atoms with Gasteiger partial charge < -0.3 is 0 Å². The van der Waals surface area contributed by atoms with Crippen molar-refractivity contribution in [3.05, 3.63) is 41.0 Å². The van der Waals surface area contributed by atoms with Crippen LogP contribution < -0.4 is 0 Å². The van der Waals surface area contributed by atoms with E-state index >= 15 is 0 Å². The van der Waals surface area contributed by atoms with E-state index in [4.69, 9.17) is 0 Å². The van der Waals surface area contributed by atoms with E-state index in [2.05, 4.69) is 49.3 Å². The van der Waals surface area contributed by atoms with Crippen LogP contribution in [0.5, 0.6) is 0 Å². The topological polar surface area (TPSA) is 12.4 Å². The molecule has 1 aliphatic carbocycles. The van der Waals surface area contributed by atoms with Crippen LogP contribution in [0, 0.1) is 0 Å². The molecule has 3 rings (SSSR count). The second-order valence-corrected chi connectivity index (χ2v) is 4.53. The molecular weight excluding hydrogens is 170 g/mol. The second-order valence-electron chi connectivity index (χ2n) is 4.53. The minimum absolute atomic E-state index is 0.159. The lowest BCUT2D eigenvalue weighted by molar-refractivity contribution is 0.665. The average Bonchev–Trinajstić information content (AvgIpc) is 2.72. The first-order chi connectivity index (χ1) is 6.71. The quantitative estimate of drug-likeness (QED) is 0.586. The highest BCUT2D eigenvalue weighted by Crippen LogP contribution is 2.46. The Kier molecular flexibility index (Phi) is 1.34. The van der Waals surface area contributed by atoms with Gasteiger partial charge in [0.15, 0.2) is 0 Å². The third-order valence-electron chi connectivity index (χ3n) is 3.39. The van der Waals surface area contributed by atoms with E-state index in [1.165, 1.54) is 22.3 Å². The van der Waals surface area contributed by atoms with Crippen molar-refractivity contribution in [3.63, 3.8) is 0 Å². The molecule has 1 aliphatic heterocycles. The molecule has 1 nitrogen and oxygen atoms in total. The van der Waals surface area contributed by atoms with Crippen molar-refractivity contribution in [2.75, 3.05) is 6.54 Å². The smallest absolute Gasteiger partial charge is 0.0649 e. The normalized spacial score (nSPS) is 21.3. The van der Waals surface area contributed by atoms with Gasteiger partial charge in [-0.25, -0.2) is 0 Å². The Bertz CT molecular complexity index is 464. The number of rotatable bonds is 0. The average molecular weight is 183 g/mol. The SMILES string of the molecule is CC1(C)C2=C(CN=C2)c2ccccc21. The zero-order valence-corrected chi connectivity index (χ0v) is 8.54. The summed E-state index contributed by atoms with van der Waals surface area (Å²) in [4.78, 5) is 4.36. The highest BCUT2D eigenvalue weighted by molar-refractivity contribution is 6.02. The minimum Gasteiger partial charge on any atom is -0.288 e. The molecule has 0 saturated carbocycles. The van der Waals surface area contributed by atoms with Gasteiger partial charge in [-0.1, -0.05) is 38.1 Å². The Balaban J connectivity index is 2.32. The minimum atomic E-state index is 0.159. The fraction of sp³-hybridized carbons (Fsp3) is 0.308. The molecule has 1 aromatic carbocycles. The molecule has 0 unspecified atom stereocenters. The van der Waals surface area contributed by atoms with Gasteiger partial charge in [-0.05, 0) is 22.3 Å². The molecule has 70 valence electrons. The van der Waals surface area contributed by atoms with E-state index < -0.39 is 0 Å². The maximum Gasteiger partial charge on any atom is 0.0649 e. The lowest BCUT2D eigenvalue weighted by Crippen LogP contribution is -2.17. The summed E-state index contributed by atoms with van der Waals surface area (Å²) in [5.41, 5.74) is 5.87. The van der Waals surface area contributed by atoms with Gasteiger partial charge in [0.1, 0.15) is 0 Å². The van der Waals surface area contributed by atoms with E-state index in [-0.39, 0.29) is 5.41 Å². The van der Waals surface area contributed by atoms with Gasteiger partial charge in [0.25, 0.3) is 0 Å². The number of benzene rings is 1. The number of nitrogens with zero attached hydrogens (tertiary/aromatic N) is 1. The van der Waals surface area contributed by atoms with Gasteiger partial charge >= 0.3 is 0 Å². The number of hydrogen-bond donors (Lipinski definition) is 0. The molecule has 0 amide bonds. The summed E-state index contributed by atoms with van der Waals surface area (Å²) >= 11 is 0. The third kappa shape index (κ3) is 0.777. The zero-order valence-electron chi connectivity index (χ0n) is 8.54. The van der Waals surface area contributed by atoms with Crippen molar-refractivity contribution in [2.24, 2.45) is 4.99 Å². The summed E-state index contributed by atoms with van der Waals surface area (Å²) in [5.74, 6) is 0. The molecule has 1 heteroatoms. The van der Waals surface area contributed by atoms with Crippen molar-refractivity contribution in [2.45, 2.75) is 19.3 Å². The second kappa shape index (κ2) is 2.35. The van der Waals surface area contributed by atoms with Crippen LogP contribution in [0.1, 0.15) is 25.0 Å². The molecule has 0 fully saturated rings. The van der Waals surface area contributed by atoms with Crippen LogP contribution in [0.2, 0.25) is 0 Å². The van der Waals surface area contributed by atoms with Crippen molar-refractivity contribution in [1.29, 1.82) is 0 Å². The fourth-order valence-corrected chi connectivity index (χ4v) is 2.60. The van der Waals surface area contributed by atoms with Gasteiger partial charge in [0.2, 0.25) is 0 Å². The highest BCUT2D eigenvalue weighted by Gasteiger charge is 2.37. The van der Waals surface area contributed by atoms with E-state index in [1.807, 2.05) is 0 Å². The van der Waals surface area contributed by atoms with Gasteiger partial charge in [-0.2, -0.15) is 0 Å². The number of hydrogen-bond acceptors (Lipinski definition) is 1. The molecule has 1 heterocycles. The van der Waals surface area contributed by atoms with Gasteiger partial charge in [-0.3, -0.25) is 4.99 Å². The summed E-state index contributed by atoms with van der Waals surface area (Å²) in [6.45, 7) is 5.44. The molecule has 0 atom stereocenters. The molecule has 0 saturated heterocycles. The summed E-state index contributed by atoms with van der Waals surface area (Å²) < 4.78 is 0. The fourth-order valence-electron chi connectivity index (χ4n) is 2.60. The zero-order chi connectivity index (χ0) is 9.76. The molecule has 0 spiro atoms. The monoisotopic (exact) mass is 183 g/mol.